The molecule has 0 spiro atoms. The summed E-state index contributed by atoms with van der Waals surface area (Å²) in [4.78, 5) is -0.484. The lowest BCUT2D eigenvalue weighted by Gasteiger charge is -2.12. The average Bonchev–Trinajstić information content (AvgIpc) is 1.99. The third kappa shape index (κ3) is 3.40. The fourth-order valence-corrected chi connectivity index (χ4v) is 1.60. The summed E-state index contributed by atoms with van der Waals surface area (Å²) < 4.78 is 57.3. The van der Waals surface area contributed by atoms with Crippen molar-refractivity contribution in [1.29, 1.82) is 4.78 Å². The molecule has 0 aliphatic carbocycles. The van der Waals surface area contributed by atoms with Crippen LogP contribution in [0, 0.1) is 4.78 Å². The molecule has 4 nitrogen and oxygen atoms in total. The molecule has 0 saturated heterocycles. The number of hydrogen-bond acceptors (Lipinski definition) is 3. The van der Waals surface area contributed by atoms with Gasteiger partial charge >= 0.3 is 6.36 Å². The van der Waals surface area contributed by atoms with E-state index < -0.39 is 26.9 Å². The maximum atomic E-state index is 11.9. The van der Waals surface area contributed by atoms with Gasteiger partial charge < -0.3 is 4.74 Å². The summed E-state index contributed by atoms with van der Waals surface area (Å²) in [6.07, 6.45) is -4.90. The van der Waals surface area contributed by atoms with E-state index in [2.05, 4.69) is 4.74 Å². The Hall–Kier alpha value is -1.28. The molecule has 0 fully saturated rings. The molecule has 0 radical (unpaired) electrons. The van der Waals surface area contributed by atoms with Gasteiger partial charge in [0.05, 0.1) is 0 Å². The normalized spacial score (nSPS) is 15.7. The number of rotatable bonds is 2. The molecular formula is C7H7F3N2O2S. The van der Waals surface area contributed by atoms with E-state index in [4.69, 9.17) is 9.92 Å². The van der Waals surface area contributed by atoms with Crippen LogP contribution in [-0.2, 0) is 9.92 Å². The molecule has 1 unspecified atom stereocenters. The van der Waals surface area contributed by atoms with Crippen LogP contribution < -0.4 is 9.88 Å². The van der Waals surface area contributed by atoms with Gasteiger partial charge in [-0.2, -0.15) is 0 Å². The Morgan fingerprint density at radius 1 is 1.33 bits per heavy atom. The zero-order chi connectivity index (χ0) is 11.7. The van der Waals surface area contributed by atoms with Gasteiger partial charge in [0.1, 0.15) is 20.6 Å². The standard InChI is InChI=1S/C7H7F3N2O2S/c8-7(9,10)14-5-3-1-2-4-6(5)15(11,12)13/h1-4H,(H3,11,12,13). The van der Waals surface area contributed by atoms with Gasteiger partial charge in [0.15, 0.2) is 0 Å². The summed E-state index contributed by atoms with van der Waals surface area (Å²) in [7, 11) is -3.73. The van der Waals surface area contributed by atoms with Crippen LogP contribution in [0.1, 0.15) is 0 Å². The summed E-state index contributed by atoms with van der Waals surface area (Å²) in [6.45, 7) is 0. The first-order valence-corrected chi connectivity index (χ1v) is 5.23. The molecule has 1 atom stereocenters. The number of hydrogen-bond donors (Lipinski definition) is 2. The zero-order valence-electron chi connectivity index (χ0n) is 7.25. The van der Waals surface area contributed by atoms with Gasteiger partial charge in [-0.15, -0.1) is 13.2 Å². The molecule has 15 heavy (non-hydrogen) atoms. The molecule has 84 valence electrons. The highest BCUT2D eigenvalue weighted by atomic mass is 32.2. The van der Waals surface area contributed by atoms with Crippen LogP contribution in [0.3, 0.4) is 0 Å². The molecule has 0 amide bonds. The maximum absolute atomic E-state index is 11.9. The van der Waals surface area contributed by atoms with E-state index in [9.17, 15) is 17.4 Å². The van der Waals surface area contributed by atoms with Crippen molar-refractivity contribution in [3.63, 3.8) is 0 Å². The number of nitrogens with two attached hydrogens (primary N) is 1. The Kier molecular flexibility index (Phi) is 2.91. The molecule has 0 aliphatic rings. The van der Waals surface area contributed by atoms with E-state index in [0.29, 0.717) is 0 Å². The first-order valence-electron chi connectivity index (χ1n) is 3.61. The predicted octanol–water partition coefficient (Wildman–Crippen LogP) is 1.86. The third-order valence-electron chi connectivity index (χ3n) is 1.40. The zero-order valence-corrected chi connectivity index (χ0v) is 8.06. The summed E-state index contributed by atoms with van der Waals surface area (Å²) in [5.41, 5.74) is 0. The number of ether oxygens (including phenoxy) is 1. The van der Waals surface area contributed by atoms with Crippen LogP contribution in [-0.4, -0.2) is 10.6 Å². The minimum absolute atomic E-state index is 0.484. The van der Waals surface area contributed by atoms with Crippen LogP contribution in [0.2, 0.25) is 0 Å². The van der Waals surface area contributed by atoms with Crippen molar-refractivity contribution in [2.24, 2.45) is 5.14 Å². The number of nitrogens with one attached hydrogen (secondary N) is 1. The van der Waals surface area contributed by atoms with Gasteiger partial charge in [-0.3, -0.25) is 0 Å². The minimum Gasteiger partial charge on any atom is -0.404 e. The van der Waals surface area contributed by atoms with E-state index in [1.54, 1.807) is 0 Å². The van der Waals surface area contributed by atoms with Gasteiger partial charge in [0.2, 0.25) is 0 Å². The Bertz CT molecular complexity index is 456. The highest BCUT2D eigenvalue weighted by molar-refractivity contribution is 7.90. The molecule has 8 heteroatoms. The second kappa shape index (κ2) is 3.70. The van der Waals surface area contributed by atoms with Crippen LogP contribution in [0.5, 0.6) is 5.75 Å². The van der Waals surface area contributed by atoms with E-state index in [1.165, 1.54) is 12.1 Å². The molecule has 0 saturated carbocycles. The quantitative estimate of drug-likeness (QED) is 0.827. The summed E-state index contributed by atoms with van der Waals surface area (Å²) in [5, 5.41) is 4.92. The summed E-state index contributed by atoms with van der Waals surface area (Å²) in [5.74, 6) is -0.715. The second-order valence-electron chi connectivity index (χ2n) is 2.60. The van der Waals surface area contributed by atoms with Gasteiger partial charge in [0, 0.05) is 0 Å². The molecule has 1 aromatic rings. The molecule has 1 rings (SSSR count). The van der Waals surface area contributed by atoms with Crippen molar-refractivity contribution >= 4 is 9.92 Å². The van der Waals surface area contributed by atoms with Crippen LogP contribution >= 0.6 is 0 Å². The Morgan fingerprint density at radius 2 is 1.87 bits per heavy atom. The van der Waals surface area contributed by atoms with Gasteiger partial charge in [-0.1, -0.05) is 12.1 Å². The minimum atomic E-state index is -4.90. The SMILES string of the molecule is N=S(N)(=O)c1ccccc1OC(F)(F)F. The highest BCUT2D eigenvalue weighted by Gasteiger charge is 2.32. The number of halogens is 3. The number of para-hydroxylation sites is 1. The van der Waals surface area contributed by atoms with Crippen LogP contribution in [0.4, 0.5) is 13.2 Å². The lowest BCUT2D eigenvalue weighted by atomic mass is 10.3. The van der Waals surface area contributed by atoms with Crippen molar-refractivity contribution in [3.05, 3.63) is 24.3 Å². The smallest absolute Gasteiger partial charge is 0.404 e. The first-order chi connectivity index (χ1) is 6.70. The van der Waals surface area contributed by atoms with E-state index >= 15 is 0 Å². The second-order valence-corrected chi connectivity index (χ2v) is 4.24. The van der Waals surface area contributed by atoms with Gasteiger partial charge in [0.25, 0.3) is 0 Å². The van der Waals surface area contributed by atoms with Crippen molar-refractivity contribution in [3.8, 4) is 5.75 Å². The van der Waals surface area contributed by atoms with Gasteiger partial charge in [-0.05, 0) is 12.1 Å². The van der Waals surface area contributed by atoms with Crippen molar-refractivity contribution in [2.75, 3.05) is 0 Å². The predicted molar refractivity (Wildman–Crippen MR) is 46.4 cm³/mol. The maximum Gasteiger partial charge on any atom is 0.573 e. The molecular weight excluding hydrogens is 233 g/mol. The van der Waals surface area contributed by atoms with Crippen molar-refractivity contribution in [1.82, 2.24) is 0 Å². The van der Waals surface area contributed by atoms with E-state index in [-0.39, 0.29) is 0 Å². The highest BCUT2D eigenvalue weighted by Crippen LogP contribution is 2.28. The largest absolute Gasteiger partial charge is 0.573 e. The molecule has 0 aliphatic heterocycles. The fourth-order valence-electron chi connectivity index (χ4n) is 0.910. The Morgan fingerprint density at radius 3 is 2.33 bits per heavy atom. The topological polar surface area (TPSA) is 76.2 Å². The van der Waals surface area contributed by atoms with Gasteiger partial charge in [-0.25, -0.2) is 14.1 Å². The Balaban J connectivity index is 3.20. The van der Waals surface area contributed by atoms with E-state index in [0.717, 1.165) is 12.1 Å². The van der Waals surface area contributed by atoms with Crippen molar-refractivity contribution < 1.29 is 22.1 Å². The molecule has 1 aromatic carbocycles. The average molecular weight is 240 g/mol. The first kappa shape index (κ1) is 11.8. The van der Waals surface area contributed by atoms with Crippen LogP contribution in [0.15, 0.2) is 29.2 Å². The summed E-state index contributed by atoms with van der Waals surface area (Å²) in [6, 6.07) is 4.58. The fraction of sp³-hybridized carbons (Fsp3) is 0.143. The molecule has 0 bridgehead atoms. The Labute approximate surface area is 84.0 Å². The lowest BCUT2D eigenvalue weighted by molar-refractivity contribution is -0.275. The van der Waals surface area contributed by atoms with E-state index in [1.807, 2.05) is 0 Å². The third-order valence-corrected chi connectivity index (χ3v) is 2.39. The monoisotopic (exact) mass is 240 g/mol. The lowest BCUT2D eigenvalue weighted by Crippen LogP contribution is -2.20. The summed E-state index contributed by atoms with van der Waals surface area (Å²) >= 11 is 0. The number of alkyl halides is 3. The molecule has 0 aromatic heterocycles. The van der Waals surface area contributed by atoms with Crippen molar-refractivity contribution in [2.45, 2.75) is 11.3 Å². The molecule has 0 heterocycles. The molecule has 3 N–H and O–H groups in total. The van der Waals surface area contributed by atoms with Crippen LogP contribution in [0.25, 0.3) is 0 Å². The number of benzene rings is 1.